The van der Waals surface area contributed by atoms with Crippen molar-refractivity contribution in [3.05, 3.63) is 59.9 Å². The van der Waals surface area contributed by atoms with Gasteiger partial charge in [-0.25, -0.2) is 4.39 Å². The van der Waals surface area contributed by atoms with Crippen LogP contribution >= 0.6 is 11.8 Å². The molecular weight excluding hydrogens is 275 g/mol. The van der Waals surface area contributed by atoms with Gasteiger partial charge in [0, 0.05) is 17.1 Å². The summed E-state index contributed by atoms with van der Waals surface area (Å²) in [5.74, 6) is 0.677. The molecule has 0 atom stereocenters. The fourth-order valence-electron chi connectivity index (χ4n) is 1.61. The van der Waals surface area contributed by atoms with E-state index in [-0.39, 0.29) is 11.7 Å². The first-order valence-corrected chi connectivity index (χ1v) is 7.26. The molecule has 20 heavy (non-hydrogen) atoms. The molecule has 0 bridgehead atoms. The molecule has 0 aliphatic heterocycles. The molecule has 1 amide bonds. The molecule has 2 rings (SSSR count). The van der Waals surface area contributed by atoms with Crippen LogP contribution in [0.2, 0.25) is 0 Å². The van der Waals surface area contributed by atoms with Gasteiger partial charge < -0.3 is 11.1 Å². The summed E-state index contributed by atoms with van der Waals surface area (Å²) in [6.45, 7) is 0. The number of amides is 1. The lowest BCUT2D eigenvalue weighted by Crippen LogP contribution is -2.14. The SMILES string of the molecule is Nc1ccc(CSCC(=O)Nc2ccc(F)cc2)cc1. The van der Waals surface area contributed by atoms with E-state index < -0.39 is 0 Å². The van der Waals surface area contributed by atoms with Crippen molar-refractivity contribution < 1.29 is 9.18 Å². The van der Waals surface area contributed by atoms with E-state index in [4.69, 9.17) is 5.73 Å². The Morgan fingerprint density at radius 1 is 1.10 bits per heavy atom. The second kappa shape index (κ2) is 6.96. The van der Waals surface area contributed by atoms with E-state index in [1.54, 1.807) is 0 Å². The Balaban J connectivity index is 1.75. The molecule has 0 aromatic heterocycles. The minimum atomic E-state index is -0.319. The van der Waals surface area contributed by atoms with Crippen molar-refractivity contribution in [2.45, 2.75) is 5.75 Å². The molecule has 0 saturated carbocycles. The van der Waals surface area contributed by atoms with E-state index in [1.807, 2.05) is 24.3 Å². The standard InChI is InChI=1S/C15H15FN2OS/c16-12-3-7-14(8-4-12)18-15(19)10-20-9-11-1-5-13(17)6-2-11/h1-8H,9-10,17H2,(H,18,19). The maximum Gasteiger partial charge on any atom is 0.234 e. The van der Waals surface area contributed by atoms with Crippen molar-refractivity contribution in [3.63, 3.8) is 0 Å². The van der Waals surface area contributed by atoms with Crippen molar-refractivity contribution in [1.29, 1.82) is 0 Å². The maximum atomic E-state index is 12.7. The smallest absolute Gasteiger partial charge is 0.234 e. The number of carbonyl (C=O) groups excluding carboxylic acids is 1. The van der Waals surface area contributed by atoms with Gasteiger partial charge in [-0.1, -0.05) is 12.1 Å². The van der Waals surface area contributed by atoms with E-state index in [0.717, 1.165) is 17.0 Å². The Kier molecular flexibility index (Phi) is 5.01. The fourth-order valence-corrected chi connectivity index (χ4v) is 2.39. The van der Waals surface area contributed by atoms with E-state index in [2.05, 4.69) is 5.32 Å². The van der Waals surface area contributed by atoms with Gasteiger partial charge in [0.1, 0.15) is 5.82 Å². The lowest BCUT2D eigenvalue weighted by atomic mass is 10.2. The number of nitrogen functional groups attached to an aromatic ring is 1. The highest BCUT2D eigenvalue weighted by molar-refractivity contribution is 7.99. The second-order valence-corrected chi connectivity index (χ2v) is 5.28. The quantitative estimate of drug-likeness (QED) is 0.831. The first-order chi connectivity index (χ1) is 9.63. The Labute approximate surface area is 121 Å². The average Bonchev–Trinajstić information content (AvgIpc) is 2.44. The molecule has 5 heteroatoms. The molecule has 3 N–H and O–H groups in total. The van der Waals surface area contributed by atoms with Crippen LogP contribution in [0.15, 0.2) is 48.5 Å². The number of nitrogens with one attached hydrogen (secondary N) is 1. The number of halogens is 1. The van der Waals surface area contributed by atoms with Crippen LogP contribution in [0.3, 0.4) is 0 Å². The molecule has 0 saturated heterocycles. The Morgan fingerprint density at radius 3 is 2.40 bits per heavy atom. The molecule has 0 radical (unpaired) electrons. The molecular formula is C15H15FN2OS. The third kappa shape index (κ3) is 4.59. The zero-order chi connectivity index (χ0) is 14.4. The van der Waals surface area contributed by atoms with Gasteiger partial charge in [0.25, 0.3) is 0 Å². The molecule has 3 nitrogen and oxygen atoms in total. The highest BCUT2D eigenvalue weighted by Crippen LogP contribution is 2.15. The van der Waals surface area contributed by atoms with Crippen LogP contribution < -0.4 is 11.1 Å². The van der Waals surface area contributed by atoms with Crippen LogP contribution in [-0.4, -0.2) is 11.7 Å². The lowest BCUT2D eigenvalue weighted by Gasteiger charge is -2.05. The van der Waals surface area contributed by atoms with E-state index in [9.17, 15) is 9.18 Å². The summed E-state index contributed by atoms with van der Waals surface area (Å²) in [5, 5.41) is 2.72. The van der Waals surface area contributed by atoms with E-state index in [1.165, 1.54) is 36.0 Å². The van der Waals surface area contributed by atoms with Gasteiger partial charge in [-0.15, -0.1) is 11.8 Å². The Bertz CT molecular complexity index is 569. The van der Waals surface area contributed by atoms with Crippen LogP contribution in [0.5, 0.6) is 0 Å². The second-order valence-electron chi connectivity index (χ2n) is 4.29. The first-order valence-electron chi connectivity index (χ1n) is 6.11. The maximum absolute atomic E-state index is 12.7. The minimum Gasteiger partial charge on any atom is -0.399 e. The van der Waals surface area contributed by atoms with E-state index >= 15 is 0 Å². The fraction of sp³-hybridized carbons (Fsp3) is 0.133. The van der Waals surface area contributed by atoms with Crippen LogP contribution in [-0.2, 0) is 10.5 Å². The third-order valence-electron chi connectivity index (χ3n) is 2.61. The van der Waals surface area contributed by atoms with Crippen LogP contribution in [0.25, 0.3) is 0 Å². The summed E-state index contributed by atoms with van der Waals surface area (Å²) in [7, 11) is 0. The number of carbonyl (C=O) groups is 1. The highest BCUT2D eigenvalue weighted by Gasteiger charge is 2.03. The Hall–Kier alpha value is -2.01. The van der Waals surface area contributed by atoms with Gasteiger partial charge in [0.15, 0.2) is 0 Å². The van der Waals surface area contributed by atoms with Gasteiger partial charge in [-0.05, 0) is 42.0 Å². The van der Waals surface area contributed by atoms with Crippen LogP contribution in [0, 0.1) is 5.82 Å². The molecule has 2 aromatic carbocycles. The number of hydrogen-bond donors (Lipinski definition) is 2. The molecule has 0 unspecified atom stereocenters. The summed E-state index contributed by atoms with van der Waals surface area (Å²) in [6.07, 6.45) is 0. The van der Waals surface area contributed by atoms with Crippen molar-refractivity contribution in [3.8, 4) is 0 Å². The molecule has 0 fully saturated rings. The summed E-state index contributed by atoms with van der Waals surface area (Å²) >= 11 is 1.52. The van der Waals surface area contributed by atoms with Gasteiger partial charge in [0.2, 0.25) is 5.91 Å². The van der Waals surface area contributed by atoms with Gasteiger partial charge in [-0.2, -0.15) is 0 Å². The van der Waals surface area contributed by atoms with Gasteiger partial charge in [0.05, 0.1) is 5.75 Å². The molecule has 0 spiro atoms. The topological polar surface area (TPSA) is 55.1 Å². The highest BCUT2D eigenvalue weighted by atomic mass is 32.2. The Morgan fingerprint density at radius 2 is 1.75 bits per heavy atom. The molecule has 0 heterocycles. The largest absolute Gasteiger partial charge is 0.399 e. The van der Waals surface area contributed by atoms with Gasteiger partial charge >= 0.3 is 0 Å². The number of hydrogen-bond acceptors (Lipinski definition) is 3. The average molecular weight is 290 g/mol. The normalized spacial score (nSPS) is 10.2. The van der Waals surface area contributed by atoms with Crippen LogP contribution in [0.1, 0.15) is 5.56 Å². The molecule has 104 valence electrons. The zero-order valence-electron chi connectivity index (χ0n) is 10.8. The van der Waals surface area contributed by atoms with Crippen molar-refractivity contribution in [2.24, 2.45) is 0 Å². The van der Waals surface area contributed by atoms with Crippen molar-refractivity contribution >= 4 is 29.0 Å². The van der Waals surface area contributed by atoms with Crippen molar-refractivity contribution in [2.75, 3.05) is 16.8 Å². The zero-order valence-corrected chi connectivity index (χ0v) is 11.6. The lowest BCUT2D eigenvalue weighted by molar-refractivity contribution is -0.113. The summed E-state index contributed by atoms with van der Waals surface area (Å²) < 4.78 is 12.7. The first kappa shape index (κ1) is 14.4. The summed E-state index contributed by atoms with van der Waals surface area (Å²) in [4.78, 5) is 11.7. The number of thioether (sulfide) groups is 1. The van der Waals surface area contributed by atoms with Crippen LogP contribution in [0.4, 0.5) is 15.8 Å². The number of benzene rings is 2. The monoisotopic (exact) mass is 290 g/mol. The molecule has 0 aliphatic carbocycles. The minimum absolute atomic E-state index is 0.1000. The summed E-state index contributed by atoms with van der Waals surface area (Å²) in [5.41, 5.74) is 8.06. The predicted octanol–water partition coefficient (Wildman–Crippen LogP) is 3.28. The molecule has 2 aromatic rings. The predicted molar refractivity (Wildman–Crippen MR) is 82.0 cm³/mol. The number of nitrogens with two attached hydrogens (primary N) is 1. The summed E-state index contributed by atoms with van der Waals surface area (Å²) in [6, 6.07) is 13.3. The van der Waals surface area contributed by atoms with Crippen molar-refractivity contribution in [1.82, 2.24) is 0 Å². The van der Waals surface area contributed by atoms with E-state index in [0.29, 0.717) is 11.4 Å². The third-order valence-corrected chi connectivity index (χ3v) is 3.61. The number of rotatable bonds is 5. The van der Waals surface area contributed by atoms with Gasteiger partial charge in [-0.3, -0.25) is 4.79 Å². The molecule has 0 aliphatic rings. The number of anilines is 2.